The lowest BCUT2D eigenvalue weighted by Gasteiger charge is -2.35. The van der Waals surface area contributed by atoms with Gasteiger partial charge in [0.2, 0.25) is 0 Å². The number of amides is 1. The van der Waals surface area contributed by atoms with Gasteiger partial charge in [-0.15, -0.1) is 11.6 Å². The monoisotopic (exact) mass is 1320 g/mol. The van der Waals surface area contributed by atoms with Crippen LogP contribution in [0, 0.1) is 18.8 Å². The first-order valence-electron chi connectivity index (χ1n) is 32.0. The molecule has 25 heteroatoms. The first-order chi connectivity index (χ1) is 44.9. The second kappa shape index (κ2) is 50.8. The first kappa shape index (κ1) is 78.8. The number of unbranched alkanes of at least 4 members (excludes halogenated alkanes) is 3. The van der Waals surface area contributed by atoms with Gasteiger partial charge in [-0.3, -0.25) is 14.5 Å². The molecule has 1 fully saturated rings. The number of Topliss-reactive ketones (excluding diaryl/α,β-unsaturated/α-hetero) is 1. The Morgan fingerprint density at radius 2 is 1.25 bits per heavy atom. The highest BCUT2D eigenvalue weighted by molar-refractivity contribution is 6.17. The minimum atomic E-state index is -4.59. The normalized spacial score (nSPS) is 12.9. The number of aryl methyl sites for hydroxylation is 1. The number of nitrogens with one attached hydrogen (secondary N) is 1. The molecule has 1 N–H and O–H groups in total. The summed E-state index contributed by atoms with van der Waals surface area (Å²) in [6.07, 6.45) is 8.97. The number of hydrogen-bond acceptors (Lipinski definition) is 19. The number of ketones is 1. The number of nitrogens with zero attached hydrogens (tertiary/aromatic N) is 5. The number of hydrogen-bond donors (Lipinski definition) is 1. The van der Waals surface area contributed by atoms with Gasteiger partial charge in [0.15, 0.2) is 11.4 Å². The fraction of sp³-hybridized carbons (Fsp3) is 0.627. The van der Waals surface area contributed by atoms with Gasteiger partial charge < -0.3 is 67.1 Å². The summed E-state index contributed by atoms with van der Waals surface area (Å²) in [5.74, 6) is 6.40. The van der Waals surface area contributed by atoms with Gasteiger partial charge in [-0.2, -0.15) is 18.3 Å². The van der Waals surface area contributed by atoms with Crippen LogP contribution in [0.4, 0.5) is 18.0 Å². The molecule has 3 heterocycles. The zero-order valence-electron chi connectivity index (χ0n) is 54.2. The van der Waals surface area contributed by atoms with Crippen LogP contribution in [0.3, 0.4) is 0 Å². The van der Waals surface area contributed by atoms with Crippen LogP contribution in [0.2, 0.25) is 0 Å². The van der Waals surface area contributed by atoms with Gasteiger partial charge in [0.05, 0.1) is 117 Å². The number of piperazine rings is 1. The van der Waals surface area contributed by atoms with Gasteiger partial charge in [0, 0.05) is 102 Å². The standard InChI is InChI=1S/C50H65F3N6O10.C17H33ClO5/c1-40-8-10-43(37-42(40)12-13-45-38-55-48-7-5-15-56-59(45)48)47(60)36-41-9-11-44(46(35-41)50(51,52)53)39-58-19-17-57(18-20-58)16-6-14-54-49(61)69-34-33-68-32-31-67-30-29-66-28-26-64-22-4-3-21-63-25-27-65-24-23-62-2;1-2-10-20-15-16-23-17(19)8-7-12-22-14-13-21-11-6-4-3-5-9-18/h3-5,7-11,15,35,37-38H,6,14,16-34,36,39H2,1-2H3,(H,54,61);2-16H2,1H3/b4-3+;. The molecule has 2 aromatic carbocycles. The molecule has 1 aliphatic rings. The van der Waals surface area contributed by atoms with Crippen molar-refractivity contribution in [2.75, 3.05) is 191 Å². The van der Waals surface area contributed by atoms with E-state index in [2.05, 4.69) is 32.1 Å². The predicted molar refractivity (Wildman–Crippen MR) is 343 cm³/mol. The molecule has 0 aliphatic carbocycles. The number of alkyl carbamates (subject to hydrolysis) is 1. The summed E-state index contributed by atoms with van der Waals surface area (Å²) in [5, 5.41) is 7.01. The SMILES string of the molecule is CCCOCCOC(=O)CCCOCCOCCCCCCCl.COCCOCCOC/C=C/COCCOCCOCCOCCOC(=O)NCCCN1CCN(Cc2ccc(CC(=O)c3ccc(C)c(C#Cc4cnc5cccnn45)c3)cc2C(F)(F)F)CC1. The van der Waals surface area contributed by atoms with Gasteiger partial charge in [0.25, 0.3) is 0 Å². The lowest BCUT2D eigenvalue weighted by molar-refractivity contribution is -0.145. The van der Waals surface area contributed by atoms with Crippen LogP contribution in [-0.2, 0) is 80.8 Å². The molecule has 0 bridgehead atoms. The van der Waals surface area contributed by atoms with E-state index in [9.17, 15) is 27.6 Å². The summed E-state index contributed by atoms with van der Waals surface area (Å²) in [5.41, 5.74) is 2.81. The van der Waals surface area contributed by atoms with E-state index in [0.29, 0.717) is 193 Å². The second-order valence-corrected chi connectivity index (χ2v) is 21.5. The highest BCUT2D eigenvalue weighted by Gasteiger charge is 2.34. The Kier molecular flexibility index (Phi) is 43.5. The molecule has 2 aromatic heterocycles. The number of halogens is 4. The third-order valence-electron chi connectivity index (χ3n) is 13.8. The molecule has 92 heavy (non-hydrogen) atoms. The number of carbonyl (C=O) groups excluding carboxylic acids is 3. The van der Waals surface area contributed by atoms with Crippen LogP contribution in [0.25, 0.3) is 5.65 Å². The molecule has 1 amide bonds. The van der Waals surface area contributed by atoms with Crippen LogP contribution in [0.15, 0.2) is 73.1 Å². The van der Waals surface area contributed by atoms with Crippen LogP contribution in [0.5, 0.6) is 0 Å². The number of esters is 1. The summed E-state index contributed by atoms with van der Waals surface area (Å²) in [4.78, 5) is 45.4. The Hall–Kier alpha value is -5.63. The van der Waals surface area contributed by atoms with Crippen molar-refractivity contribution in [2.45, 2.75) is 84.4 Å². The predicted octanol–water partition coefficient (Wildman–Crippen LogP) is 8.99. The summed E-state index contributed by atoms with van der Waals surface area (Å²) < 4.78 is 109. The molecule has 514 valence electrons. The molecule has 0 atom stereocenters. The number of fused-ring (bicyclic) bond motifs is 1. The minimum Gasteiger partial charge on any atom is -0.463 e. The Morgan fingerprint density at radius 1 is 0.652 bits per heavy atom. The number of methoxy groups -OCH3 is 1. The molecule has 4 aromatic rings. The quantitative estimate of drug-likeness (QED) is 0.0109. The van der Waals surface area contributed by atoms with Crippen molar-refractivity contribution < 1.29 is 84.4 Å². The molecule has 5 rings (SSSR count). The maximum Gasteiger partial charge on any atom is 0.416 e. The lowest BCUT2D eigenvalue weighted by atomic mass is 9.96. The van der Waals surface area contributed by atoms with Crippen molar-refractivity contribution in [3.05, 3.63) is 112 Å². The maximum absolute atomic E-state index is 14.4. The smallest absolute Gasteiger partial charge is 0.416 e. The van der Waals surface area contributed by atoms with Crippen LogP contribution >= 0.6 is 11.6 Å². The maximum atomic E-state index is 14.4. The van der Waals surface area contributed by atoms with Crippen molar-refractivity contribution in [3.8, 4) is 11.8 Å². The molecule has 0 spiro atoms. The Balaban J connectivity index is 0.000000664. The van der Waals surface area contributed by atoms with Crippen molar-refractivity contribution in [3.63, 3.8) is 0 Å². The van der Waals surface area contributed by atoms with Gasteiger partial charge in [-0.25, -0.2) is 14.3 Å². The molecule has 0 unspecified atom stereocenters. The van der Waals surface area contributed by atoms with Gasteiger partial charge >= 0.3 is 18.2 Å². The molecule has 0 saturated carbocycles. The fourth-order valence-electron chi connectivity index (χ4n) is 8.83. The first-order valence-corrected chi connectivity index (χ1v) is 32.5. The van der Waals surface area contributed by atoms with Crippen LogP contribution in [-0.4, -0.2) is 233 Å². The summed E-state index contributed by atoms with van der Waals surface area (Å²) >= 11 is 5.60. The highest BCUT2D eigenvalue weighted by atomic mass is 35.5. The number of alkyl halides is 4. The third-order valence-corrected chi connectivity index (χ3v) is 14.1. The average molecular weight is 1320 g/mol. The van der Waals surface area contributed by atoms with E-state index in [0.717, 1.165) is 49.9 Å². The van der Waals surface area contributed by atoms with Gasteiger partial charge in [0.1, 0.15) is 18.9 Å². The van der Waals surface area contributed by atoms with Crippen LogP contribution in [0.1, 0.15) is 102 Å². The zero-order valence-corrected chi connectivity index (χ0v) is 54.9. The lowest BCUT2D eigenvalue weighted by Crippen LogP contribution is -2.46. The number of rotatable bonds is 49. The summed E-state index contributed by atoms with van der Waals surface area (Å²) in [6, 6.07) is 12.9. The van der Waals surface area contributed by atoms with E-state index in [-0.39, 0.29) is 49.1 Å². The average Bonchev–Trinajstić information content (AvgIpc) is 1.17. The van der Waals surface area contributed by atoms with E-state index in [4.69, 9.17) is 68.4 Å². The highest BCUT2D eigenvalue weighted by Crippen LogP contribution is 2.34. The van der Waals surface area contributed by atoms with Crippen molar-refractivity contribution in [1.82, 2.24) is 29.7 Å². The van der Waals surface area contributed by atoms with Gasteiger partial charge in [-0.05, 0) is 92.4 Å². The Morgan fingerprint density at radius 3 is 1.90 bits per heavy atom. The Labute approximate surface area is 546 Å². The van der Waals surface area contributed by atoms with Crippen molar-refractivity contribution in [1.29, 1.82) is 0 Å². The van der Waals surface area contributed by atoms with E-state index in [1.807, 2.05) is 37.0 Å². The zero-order chi connectivity index (χ0) is 66.0. The molecule has 1 saturated heterocycles. The number of benzene rings is 2. The van der Waals surface area contributed by atoms with E-state index < -0.39 is 17.8 Å². The minimum absolute atomic E-state index is 0.107. The fourth-order valence-corrected chi connectivity index (χ4v) is 9.02. The van der Waals surface area contributed by atoms with Crippen molar-refractivity contribution >= 4 is 35.1 Å². The largest absolute Gasteiger partial charge is 0.463 e. The molecule has 1 aliphatic heterocycles. The number of ether oxygens (including phenoxy) is 12. The second-order valence-electron chi connectivity index (χ2n) is 21.2. The van der Waals surface area contributed by atoms with E-state index in [1.54, 1.807) is 54.4 Å². The number of carbonyl (C=O) groups is 3. The molecule has 21 nitrogen and oxygen atoms in total. The third kappa shape index (κ3) is 36.7. The molecular formula is C67H98ClF3N6O15. The van der Waals surface area contributed by atoms with E-state index in [1.165, 1.54) is 18.9 Å². The van der Waals surface area contributed by atoms with Crippen LogP contribution < -0.4 is 5.32 Å². The topological polar surface area (TPSA) is 211 Å². The molecule has 0 radical (unpaired) electrons. The van der Waals surface area contributed by atoms with E-state index >= 15 is 0 Å². The summed E-state index contributed by atoms with van der Waals surface area (Å²) in [6.45, 7) is 17.9. The summed E-state index contributed by atoms with van der Waals surface area (Å²) in [7, 11) is 1.63. The Bertz CT molecular complexity index is 2710. The number of aromatic nitrogens is 3. The number of imidazole rings is 1. The van der Waals surface area contributed by atoms with Crippen molar-refractivity contribution in [2.24, 2.45) is 0 Å². The molecular weight excluding hydrogens is 1220 g/mol. The van der Waals surface area contributed by atoms with Gasteiger partial charge in [-0.1, -0.05) is 62.1 Å².